The third-order valence-corrected chi connectivity index (χ3v) is 4.79. The van der Waals surface area contributed by atoms with Gasteiger partial charge in [0.05, 0.1) is 0 Å². The lowest BCUT2D eigenvalue weighted by Gasteiger charge is -2.39. The molecule has 2 aliphatic rings. The predicted molar refractivity (Wildman–Crippen MR) is 74.4 cm³/mol. The van der Waals surface area contributed by atoms with E-state index < -0.39 is 0 Å². The van der Waals surface area contributed by atoms with Crippen molar-refractivity contribution in [2.45, 2.75) is 70.9 Å². The van der Waals surface area contributed by atoms with Gasteiger partial charge in [0, 0.05) is 31.6 Å². The van der Waals surface area contributed by atoms with Crippen molar-refractivity contribution >= 4 is 5.91 Å². The van der Waals surface area contributed by atoms with E-state index in [9.17, 15) is 4.79 Å². The number of nitrogens with one attached hydrogen (secondary N) is 1. The van der Waals surface area contributed by atoms with Gasteiger partial charge in [-0.2, -0.15) is 0 Å². The van der Waals surface area contributed by atoms with E-state index in [2.05, 4.69) is 24.1 Å². The molecule has 1 N–H and O–H groups in total. The second-order valence-corrected chi connectivity index (χ2v) is 6.13. The molecule has 2 rings (SSSR count). The molecule has 3 heteroatoms. The van der Waals surface area contributed by atoms with Gasteiger partial charge in [-0.05, 0) is 32.6 Å². The molecule has 2 fully saturated rings. The van der Waals surface area contributed by atoms with Crippen molar-refractivity contribution in [1.29, 1.82) is 0 Å². The smallest absolute Gasteiger partial charge is 0.223 e. The van der Waals surface area contributed by atoms with E-state index in [-0.39, 0.29) is 0 Å². The summed E-state index contributed by atoms with van der Waals surface area (Å²) < 4.78 is 0. The van der Waals surface area contributed by atoms with Gasteiger partial charge in [-0.3, -0.25) is 4.79 Å². The van der Waals surface area contributed by atoms with Crippen LogP contribution in [-0.2, 0) is 4.79 Å². The minimum Gasteiger partial charge on any atom is -0.337 e. The molecule has 2 atom stereocenters. The van der Waals surface area contributed by atoms with E-state index in [4.69, 9.17) is 0 Å². The molecule has 104 valence electrons. The van der Waals surface area contributed by atoms with Crippen LogP contribution >= 0.6 is 0 Å². The molecule has 1 aliphatic carbocycles. The Bertz CT molecular complexity index is 272. The van der Waals surface area contributed by atoms with Gasteiger partial charge in [-0.25, -0.2) is 0 Å². The Morgan fingerprint density at radius 3 is 2.50 bits per heavy atom. The summed E-state index contributed by atoms with van der Waals surface area (Å²) in [6.45, 7) is 6.18. The number of hydrogen-bond donors (Lipinski definition) is 1. The summed E-state index contributed by atoms with van der Waals surface area (Å²) in [7, 11) is 0. The van der Waals surface area contributed by atoms with Crippen LogP contribution in [0.1, 0.15) is 58.8 Å². The summed E-state index contributed by atoms with van der Waals surface area (Å²) in [5.74, 6) is 1.04. The minimum absolute atomic E-state index is 0.344. The second kappa shape index (κ2) is 6.55. The lowest BCUT2D eigenvalue weighted by molar-refractivity contribution is -0.136. The number of nitrogens with zero attached hydrogens (tertiary/aromatic N) is 1. The Kier molecular flexibility index (Phi) is 5.04. The van der Waals surface area contributed by atoms with Crippen molar-refractivity contribution in [3.8, 4) is 0 Å². The van der Waals surface area contributed by atoms with Crippen molar-refractivity contribution in [3.63, 3.8) is 0 Å². The van der Waals surface area contributed by atoms with Crippen LogP contribution in [-0.4, -0.2) is 36.0 Å². The fourth-order valence-corrected chi connectivity index (χ4v) is 3.34. The van der Waals surface area contributed by atoms with Crippen LogP contribution in [0.15, 0.2) is 0 Å². The lowest BCUT2D eigenvalue weighted by Crippen LogP contribution is -2.57. The van der Waals surface area contributed by atoms with E-state index in [0.717, 1.165) is 19.5 Å². The number of piperazine rings is 1. The summed E-state index contributed by atoms with van der Waals surface area (Å²) in [6, 6.07) is 0.772. The standard InChI is InChI=1S/C15H28N2O/c1-12-13(2)17(10-9-16-12)15(18)11-14-7-5-3-4-6-8-14/h12-14,16H,3-11H2,1-2H3. The van der Waals surface area contributed by atoms with Crippen molar-refractivity contribution in [1.82, 2.24) is 10.2 Å². The van der Waals surface area contributed by atoms with Crippen molar-refractivity contribution in [2.24, 2.45) is 5.92 Å². The molecule has 18 heavy (non-hydrogen) atoms. The zero-order chi connectivity index (χ0) is 13.0. The van der Waals surface area contributed by atoms with Crippen LogP contribution in [0, 0.1) is 5.92 Å². The molecule has 1 saturated carbocycles. The highest BCUT2D eigenvalue weighted by atomic mass is 16.2. The Morgan fingerprint density at radius 1 is 1.17 bits per heavy atom. The van der Waals surface area contributed by atoms with Crippen LogP contribution in [0.5, 0.6) is 0 Å². The maximum Gasteiger partial charge on any atom is 0.223 e. The Balaban J connectivity index is 1.86. The SMILES string of the molecule is CC1NCCN(C(=O)CC2CCCCCC2)C1C. The average molecular weight is 252 g/mol. The normalized spacial score (nSPS) is 31.1. The molecule has 1 saturated heterocycles. The van der Waals surface area contributed by atoms with Gasteiger partial charge >= 0.3 is 0 Å². The minimum atomic E-state index is 0.344. The summed E-state index contributed by atoms with van der Waals surface area (Å²) >= 11 is 0. The Hall–Kier alpha value is -0.570. The van der Waals surface area contributed by atoms with Gasteiger partial charge in [0.25, 0.3) is 0 Å². The molecule has 0 radical (unpaired) electrons. The quantitative estimate of drug-likeness (QED) is 0.766. The summed E-state index contributed by atoms with van der Waals surface area (Å²) in [6.07, 6.45) is 8.70. The Labute approximate surface area is 111 Å². The molecule has 0 aromatic rings. The number of rotatable bonds is 2. The Morgan fingerprint density at radius 2 is 1.83 bits per heavy atom. The van der Waals surface area contributed by atoms with E-state index >= 15 is 0 Å². The number of amides is 1. The summed E-state index contributed by atoms with van der Waals surface area (Å²) in [4.78, 5) is 14.5. The molecule has 0 aromatic carbocycles. The molecule has 1 aliphatic heterocycles. The first-order valence-electron chi connectivity index (χ1n) is 7.71. The first-order chi connectivity index (χ1) is 8.68. The monoisotopic (exact) mass is 252 g/mol. The molecule has 0 bridgehead atoms. The van der Waals surface area contributed by atoms with Gasteiger partial charge in [-0.15, -0.1) is 0 Å². The van der Waals surface area contributed by atoms with Gasteiger partial charge in [0.1, 0.15) is 0 Å². The lowest BCUT2D eigenvalue weighted by atomic mass is 9.95. The average Bonchev–Trinajstić information content (AvgIpc) is 2.61. The largest absolute Gasteiger partial charge is 0.337 e. The van der Waals surface area contributed by atoms with Crippen LogP contribution < -0.4 is 5.32 Å². The summed E-state index contributed by atoms with van der Waals surface area (Å²) in [5.41, 5.74) is 0. The molecule has 3 nitrogen and oxygen atoms in total. The maximum absolute atomic E-state index is 12.4. The summed E-state index contributed by atoms with van der Waals surface area (Å²) in [5, 5.41) is 3.44. The zero-order valence-electron chi connectivity index (χ0n) is 12.0. The van der Waals surface area contributed by atoms with Crippen LogP contribution in [0.3, 0.4) is 0 Å². The predicted octanol–water partition coefficient (Wildman–Crippen LogP) is 2.56. The van der Waals surface area contributed by atoms with E-state index in [1.807, 2.05) is 0 Å². The number of hydrogen-bond acceptors (Lipinski definition) is 2. The van der Waals surface area contributed by atoms with Crippen molar-refractivity contribution in [3.05, 3.63) is 0 Å². The van der Waals surface area contributed by atoms with E-state index in [1.54, 1.807) is 0 Å². The van der Waals surface area contributed by atoms with Crippen LogP contribution in [0.4, 0.5) is 0 Å². The highest BCUT2D eigenvalue weighted by molar-refractivity contribution is 5.77. The molecular weight excluding hydrogens is 224 g/mol. The highest BCUT2D eigenvalue weighted by Crippen LogP contribution is 2.26. The van der Waals surface area contributed by atoms with Gasteiger partial charge < -0.3 is 10.2 Å². The van der Waals surface area contributed by atoms with Gasteiger partial charge in [0.15, 0.2) is 0 Å². The van der Waals surface area contributed by atoms with Gasteiger partial charge in [0.2, 0.25) is 5.91 Å². The number of carbonyl (C=O) groups is 1. The molecular formula is C15H28N2O. The van der Waals surface area contributed by atoms with Crippen LogP contribution in [0.2, 0.25) is 0 Å². The second-order valence-electron chi connectivity index (χ2n) is 6.13. The van der Waals surface area contributed by atoms with Crippen LogP contribution in [0.25, 0.3) is 0 Å². The van der Waals surface area contributed by atoms with Crippen molar-refractivity contribution in [2.75, 3.05) is 13.1 Å². The topological polar surface area (TPSA) is 32.3 Å². The molecule has 0 spiro atoms. The molecule has 0 aromatic heterocycles. The molecule has 2 unspecified atom stereocenters. The van der Waals surface area contributed by atoms with E-state index in [0.29, 0.717) is 23.9 Å². The number of carbonyl (C=O) groups excluding carboxylic acids is 1. The molecule has 1 amide bonds. The fourth-order valence-electron chi connectivity index (χ4n) is 3.34. The van der Waals surface area contributed by atoms with Gasteiger partial charge in [-0.1, -0.05) is 25.7 Å². The van der Waals surface area contributed by atoms with E-state index in [1.165, 1.54) is 38.5 Å². The third kappa shape index (κ3) is 3.47. The zero-order valence-corrected chi connectivity index (χ0v) is 12.0. The van der Waals surface area contributed by atoms with Crippen molar-refractivity contribution < 1.29 is 4.79 Å². The maximum atomic E-state index is 12.4. The first-order valence-corrected chi connectivity index (χ1v) is 7.71. The molecule has 1 heterocycles. The first kappa shape index (κ1) is 13.9. The highest BCUT2D eigenvalue weighted by Gasteiger charge is 2.29. The third-order valence-electron chi connectivity index (χ3n) is 4.79. The fraction of sp³-hybridized carbons (Fsp3) is 0.933.